The first kappa shape index (κ1) is 31.9. The van der Waals surface area contributed by atoms with Crippen molar-refractivity contribution in [2.45, 2.75) is 56.7 Å². The van der Waals surface area contributed by atoms with Crippen molar-refractivity contribution in [2.24, 2.45) is 38.7 Å². The first-order chi connectivity index (χ1) is 18.0. The summed E-state index contributed by atoms with van der Waals surface area (Å²) in [6, 6.07) is -3.01. The van der Waals surface area contributed by atoms with E-state index in [1.165, 1.54) is 4.90 Å². The van der Waals surface area contributed by atoms with Gasteiger partial charge in [0.05, 0.1) is 6.54 Å². The van der Waals surface area contributed by atoms with E-state index in [4.69, 9.17) is 33.8 Å². The zero-order chi connectivity index (χ0) is 28.7. The number of carbonyl (C=O) groups excluding carboxylic acids is 4. The van der Waals surface area contributed by atoms with Gasteiger partial charge in [-0.05, 0) is 38.5 Å². The summed E-state index contributed by atoms with van der Waals surface area (Å²) in [7, 11) is 0. The van der Waals surface area contributed by atoms with Crippen LogP contribution >= 0.6 is 0 Å². The van der Waals surface area contributed by atoms with Crippen LogP contribution < -0.4 is 44.6 Å². The number of amides is 4. The monoisotopic (exact) mass is 541 g/mol. The highest BCUT2D eigenvalue weighted by atomic mass is 16.4. The highest BCUT2D eigenvalue weighted by molar-refractivity contribution is 5.95. The molecule has 0 unspecified atom stereocenters. The van der Waals surface area contributed by atoms with Crippen molar-refractivity contribution in [1.82, 2.24) is 20.9 Å². The van der Waals surface area contributed by atoms with Gasteiger partial charge in [0.15, 0.2) is 11.9 Å². The molecule has 3 atom stereocenters. The number of aliphatic imine (C=N–C) groups is 2. The minimum atomic E-state index is -1.26. The van der Waals surface area contributed by atoms with Crippen LogP contribution in [0.2, 0.25) is 0 Å². The number of likely N-dealkylation sites (tertiary alicyclic amines) is 1. The number of carboxylic acid groups (broad SMARTS) is 1. The minimum Gasteiger partial charge on any atom is -0.480 e. The van der Waals surface area contributed by atoms with Crippen LogP contribution in [-0.4, -0.2) is 102 Å². The lowest BCUT2D eigenvalue weighted by atomic mass is 10.1. The van der Waals surface area contributed by atoms with Crippen LogP contribution in [-0.2, 0) is 24.0 Å². The van der Waals surface area contributed by atoms with Gasteiger partial charge in [0.1, 0.15) is 24.7 Å². The molecule has 0 aliphatic carbocycles. The number of hydrogen-bond acceptors (Lipinski definition) is 8. The molecule has 14 N–H and O–H groups in total. The van der Waals surface area contributed by atoms with Gasteiger partial charge in [0.25, 0.3) is 0 Å². The summed E-state index contributed by atoms with van der Waals surface area (Å²) in [6.45, 7) is -0.169. The largest absolute Gasteiger partial charge is 0.480 e. The Morgan fingerprint density at radius 1 is 0.895 bits per heavy atom. The second kappa shape index (κ2) is 16.6. The Kier molecular flexibility index (Phi) is 13.9. The number of carboxylic acids is 1. The second-order valence-electron chi connectivity index (χ2n) is 8.58. The number of aliphatic carboxylic acids is 1. The fourth-order valence-electron chi connectivity index (χ4n) is 3.83. The van der Waals surface area contributed by atoms with Crippen LogP contribution in [0.4, 0.5) is 0 Å². The third kappa shape index (κ3) is 11.7. The van der Waals surface area contributed by atoms with E-state index in [2.05, 4.69) is 25.9 Å². The number of hydrogen-bond donors (Lipinski definition) is 9. The Hall–Kier alpha value is -4.15. The summed E-state index contributed by atoms with van der Waals surface area (Å²) in [4.78, 5) is 70.9. The molecular formula is C21H39N11O6. The molecule has 17 heteroatoms. The lowest BCUT2D eigenvalue weighted by Crippen LogP contribution is -2.57. The summed E-state index contributed by atoms with van der Waals surface area (Å²) in [5.41, 5.74) is 26.7. The van der Waals surface area contributed by atoms with Crippen LogP contribution in [0.3, 0.4) is 0 Å². The zero-order valence-corrected chi connectivity index (χ0v) is 21.2. The SMILES string of the molecule is NCC(=O)N1CCC[C@H]1C(=O)N[C@@H](CCCN=C(N)N)C(=O)N[C@@H](CCCN=C(N)N)C(=O)NCC(=O)O. The molecule has 0 saturated carbocycles. The molecule has 0 aromatic heterocycles. The molecule has 4 amide bonds. The smallest absolute Gasteiger partial charge is 0.322 e. The molecule has 0 aromatic carbocycles. The fraction of sp³-hybridized carbons (Fsp3) is 0.667. The van der Waals surface area contributed by atoms with Crippen LogP contribution in [0.15, 0.2) is 9.98 Å². The number of nitrogens with two attached hydrogens (primary N) is 5. The van der Waals surface area contributed by atoms with E-state index in [1.807, 2.05) is 0 Å². The standard InChI is InChI=1S/C21H39N11O6/c22-10-15(33)32-9-3-6-14(32)19(38)31-13(5-2-8-28-21(25)26)18(37)30-12(4-1-7-27-20(23)24)17(36)29-11-16(34)35/h12-14H,1-11,22H2,(H,29,36)(H,30,37)(H,31,38)(H,34,35)(H4,23,24,27)(H4,25,26,28)/t12-,13-,14-/m0/s1. The van der Waals surface area contributed by atoms with Crippen molar-refractivity contribution >= 4 is 41.5 Å². The number of nitrogens with zero attached hydrogens (tertiary/aromatic N) is 3. The quantitative estimate of drug-likeness (QED) is 0.0507. The van der Waals surface area contributed by atoms with Gasteiger partial charge in [-0.1, -0.05) is 0 Å². The zero-order valence-electron chi connectivity index (χ0n) is 21.2. The number of guanidine groups is 2. The Balaban J connectivity index is 3.01. The van der Waals surface area contributed by atoms with E-state index >= 15 is 0 Å². The molecule has 1 rings (SSSR count). The molecule has 214 valence electrons. The molecule has 1 saturated heterocycles. The summed E-state index contributed by atoms with van der Waals surface area (Å²) in [5.74, 6) is -3.87. The maximum absolute atomic E-state index is 13.2. The van der Waals surface area contributed by atoms with Crippen LogP contribution in [0.25, 0.3) is 0 Å². The van der Waals surface area contributed by atoms with Crippen LogP contribution in [0, 0.1) is 0 Å². The first-order valence-electron chi connectivity index (χ1n) is 12.2. The molecule has 38 heavy (non-hydrogen) atoms. The Morgan fingerprint density at radius 3 is 1.95 bits per heavy atom. The summed E-state index contributed by atoms with van der Waals surface area (Å²) < 4.78 is 0. The van der Waals surface area contributed by atoms with E-state index in [0.717, 1.165) is 0 Å². The van der Waals surface area contributed by atoms with E-state index in [0.29, 0.717) is 32.2 Å². The predicted molar refractivity (Wildman–Crippen MR) is 138 cm³/mol. The van der Waals surface area contributed by atoms with Gasteiger partial charge in [-0.2, -0.15) is 0 Å². The van der Waals surface area contributed by atoms with Crippen LogP contribution in [0.1, 0.15) is 38.5 Å². The van der Waals surface area contributed by atoms with E-state index in [-0.39, 0.29) is 50.3 Å². The first-order valence-corrected chi connectivity index (χ1v) is 12.2. The van der Waals surface area contributed by atoms with E-state index in [1.54, 1.807) is 0 Å². The third-order valence-electron chi connectivity index (χ3n) is 5.62. The topological polar surface area (TPSA) is 300 Å². The molecule has 1 aliphatic rings. The van der Waals surface area contributed by atoms with Crippen molar-refractivity contribution in [3.8, 4) is 0 Å². The van der Waals surface area contributed by atoms with Crippen molar-refractivity contribution in [2.75, 3.05) is 32.7 Å². The molecule has 0 radical (unpaired) electrons. The Morgan fingerprint density at radius 2 is 1.45 bits per heavy atom. The molecule has 1 aliphatic heterocycles. The summed E-state index contributed by atoms with van der Waals surface area (Å²) in [5, 5.41) is 16.3. The van der Waals surface area contributed by atoms with Gasteiger partial charge in [-0.25, -0.2) is 0 Å². The van der Waals surface area contributed by atoms with Crippen molar-refractivity contribution < 1.29 is 29.1 Å². The lowest BCUT2D eigenvalue weighted by Gasteiger charge is -2.27. The second-order valence-corrected chi connectivity index (χ2v) is 8.58. The van der Waals surface area contributed by atoms with E-state index < -0.39 is 48.4 Å². The molecular weight excluding hydrogens is 502 g/mol. The van der Waals surface area contributed by atoms with Gasteiger partial charge in [0.2, 0.25) is 23.6 Å². The van der Waals surface area contributed by atoms with Gasteiger partial charge < -0.3 is 54.6 Å². The summed E-state index contributed by atoms with van der Waals surface area (Å²) >= 11 is 0. The highest BCUT2D eigenvalue weighted by Crippen LogP contribution is 2.18. The molecule has 0 spiro atoms. The summed E-state index contributed by atoms with van der Waals surface area (Å²) in [6.07, 6.45) is 1.82. The predicted octanol–water partition coefficient (Wildman–Crippen LogP) is -4.79. The van der Waals surface area contributed by atoms with E-state index in [9.17, 15) is 24.0 Å². The van der Waals surface area contributed by atoms with Crippen LogP contribution in [0.5, 0.6) is 0 Å². The van der Waals surface area contributed by atoms with Crippen molar-refractivity contribution in [1.29, 1.82) is 0 Å². The normalized spacial score (nSPS) is 16.0. The van der Waals surface area contributed by atoms with Crippen molar-refractivity contribution in [3.05, 3.63) is 0 Å². The molecule has 1 fully saturated rings. The number of nitrogens with one attached hydrogen (secondary N) is 3. The van der Waals surface area contributed by atoms with Gasteiger partial charge in [0, 0.05) is 19.6 Å². The maximum atomic E-state index is 13.2. The number of carbonyl (C=O) groups is 5. The Labute approximate surface area is 220 Å². The van der Waals surface area contributed by atoms with Gasteiger partial charge in [-0.3, -0.25) is 34.0 Å². The maximum Gasteiger partial charge on any atom is 0.322 e. The molecule has 1 heterocycles. The average Bonchev–Trinajstić information content (AvgIpc) is 3.35. The average molecular weight is 542 g/mol. The highest BCUT2D eigenvalue weighted by Gasteiger charge is 2.35. The number of rotatable bonds is 16. The van der Waals surface area contributed by atoms with Crippen molar-refractivity contribution in [3.63, 3.8) is 0 Å². The minimum absolute atomic E-state index is 0.0873. The third-order valence-corrected chi connectivity index (χ3v) is 5.62. The molecule has 0 aromatic rings. The van der Waals surface area contributed by atoms with Gasteiger partial charge in [-0.15, -0.1) is 0 Å². The Bertz CT molecular complexity index is 902. The van der Waals surface area contributed by atoms with Gasteiger partial charge >= 0.3 is 5.97 Å². The molecule has 17 nitrogen and oxygen atoms in total. The fourth-order valence-corrected chi connectivity index (χ4v) is 3.83. The lowest BCUT2D eigenvalue weighted by molar-refractivity contribution is -0.139. The molecule has 0 bridgehead atoms.